The lowest BCUT2D eigenvalue weighted by molar-refractivity contribution is 0.193. The number of nitrogens with zero attached hydrogens (tertiary/aromatic N) is 1. The zero-order chi connectivity index (χ0) is 9.05. The van der Waals surface area contributed by atoms with Gasteiger partial charge in [0.15, 0.2) is 0 Å². The molecule has 13 heavy (non-hydrogen) atoms. The van der Waals surface area contributed by atoms with Crippen LogP contribution in [0, 0.1) is 17.3 Å². The Hall–Kier alpha value is -0.0400. The van der Waals surface area contributed by atoms with Gasteiger partial charge in [0.05, 0.1) is 0 Å². The summed E-state index contributed by atoms with van der Waals surface area (Å²) < 4.78 is 0. The second-order valence-electron chi connectivity index (χ2n) is 5.93. The lowest BCUT2D eigenvalue weighted by Crippen LogP contribution is -2.34. The molecule has 0 amide bonds. The molecule has 0 bridgehead atoms. The number of likely N-dealkylation sites (tertiary alicyclic amines) is 1. The van der Waals surface area contributed by atoms with E-state index >= 15 is 0 Å². The van der Waals surface area contributed by atoms with Crippen LogP contribution in [0.15, 0.2) is 0 Å². The Balaban J connectivity index is 1.61. The molecule has 2 aliphatic carbocycles. The maximum absolute atomic E-state index is 2.79. The van der Waals surface area contributed by atoms with Crippen molar-refractivity contribution in [1.29, 1.82) is 0 Å². The van der Waals surface area contributed by atoms with Crippen molar-refractivity contribution in [3.05, 3.63) is 0 Å². The predicted octanol–water partition coefficient (Wildman–Crippen LogP) is 2.52. The van der Waals surface area contributed by atoms with Gasteiger partial charge in [-0.2, -0.15) is 0 Å². The third kappa shape index (κ3) is 1.09. The fourth-order valence-electron chi connectivity index (χ4n) is 3.73. The molecule has 3 aliphatic rings. The van der Waals surface area contributed by atoms with E-state index in [0.717, 1.165) is 17.9 Å². The van der Waals surface area contributed by atoms with E-state index in [1.807, 2.05) is 0 Å². The van der Waals surface area contributed by atoms with Crippen LogP contribution >= 0.6 is 0 Å². The van der Waals surface area contributed by atoms with Gasteiger partial charge in [0.1, 0.15) is 0 Å². The molecule has 3 rings (SSSR count). The molecule has 1 aliphatic heterocycles. The highest BCUT2D eigenvalue weighted by Crippen LogP contribution is 2.62. The second kappa shape index (κ2) is 2.50. The molecule has 2 atom stereocenters. The second-order valence-corrected chi connectivity index (χ2v) is 5.93. The summed E-state index contributed by atoms with van der Waals surface area (Å²) in [7, 11) is 0. The molecule has 2 unspecified atom stereocenters. The molecule has 0 radical (unpaired) electrons. The lowest BCUT2D eigenvalue weighted by atomic mass is 10.1. The Morgan fingerprint density at radius 3 is 2.08 bits per heavy atom. The lowest BCUT2D eigenvalue weighted by Gasteiger charge is -2.27. The summed E-state index contributed by atoms with van der Waals surface area (Å²) in [5.74, 6) is 2.10. The average Bonchev–Trinajstić information content (AvgIpc) is 2.64. The van der Waals surface area contributed by atoms with Crippen LogP contribution in [0.25, 0.3) is 0 Å². The first-order valence-corrected chi connectivity index (χ1v) is 5.93. The molecule has 0 spiro atoms. The van der Waals surface area contributed by atoms with Crippen LogP contribution in [-0.2, 0) is 0 Å². The van der Waals surface area contributed by atoms with Crippen LogP contribution in [0.3, 0.4) is 0 Å². The van der Waals surface area contributed by atoms with Crippen LogP contribution in [0.4, 0.5) is 0 Å². The Labute approximate surface area is 81.5 Å². The molecule has 0 N–H and O–H groups in total. The highest BCUT2D eigenvalue weighted by molar-refractivity contribution is 5.12. The minimum Gasteiger partial charge on any atom is -0.300 e. The number of fused-ring (bicyclic) bond motifs is 1. The summed E-state index contributed by atoms with van der Waals surface area (Å²) >= 11 is 0. The predicted molar refractivity (Wildman–Crippen MR) is 54.6 cm³/mol. The normalized spacial score (nSPS) is 43.8. The fraction of sp³-hybridized carbons (Fsp3) is 1.00. The van der Waals surface area contributed by atoms with Gasteiger partial charge in [-0.15, -0.1) is 0 Å². The van der Waals surface area contributed by atoms with E-state index in [0.29, 0.717) is 5.41 Å². The summed E-state index contributed by atoms with van der Waals surface area (Å²) in [6.07, 6.45) is 5.94. The van der Waals surface area contributed by atoms with Gasteiger partial charge in [-0.05, 0) is 30.1 Å². The van der Waals surface area contributed by atoms with Crippen molar-refractivity contribution >= 4 is 0 Å². The topological polar surface area (TPSA) is 3.24 Å². The van der Waals surface area contributed by atoms with E-state index in [4.69, 9.17) is 0 Å². The van der Waals surface area contributed by atoms with Crippen molar-refractivity contribution in [3.63, 3.8) is 0 Å². The van der Waals surface area contributed by atoms with Crippen molar-refractivity contribution in [2.45, 2.75) is 45.6 Å². The van der Waals surface area contributed by atoms with Crippen molar-refractivity contribution < 1.29 is 0 Å². The molecular formula is C12H21N. The standard InChI is InChI=1S/C12H21N/c1-12(2)10-7-13(8-11(10)12)9-5-3-4-6-9/h9-11H,3-8H2,1-2H3. The summed E-state index contributed by atoms with van der Waals surface area (Å²) in [5, 5.41) is 0. The number of piperidine rings is 1. The number of hydrogen-bond donors (Lipinski definition) is 0. The summed E-state index contributed by atoms with van der Waals surface area (Å²) in [5.41, 5.74) is 0.703. The SMILES string of the molecule is CC1(C)C2CN(C3CCCC3)CC21. The molecule has 1 heterocycles. The number of rotatable bonds is 1. The van der Waals surface area contributed by atoms with Crippen LogP contribution in [0.1, 0.15) is 39.5 Å². The largest absolute Gasteiger partial charge is 0.300 e. The van der Waals surface area contributed by atoms with E-state index in [1.165, 1.54) is 38.8 Å². The van der Waals surface area contributed by atoms with E-state index in [1.54, 1.807) is 0 Å². The molecule has 1 nitrogen and oxygen atoms in total. The first-order valence-electron chi connectivity index (χ1n) is 5.93. The van der Waals surface area contributed by atoms with Gasteiger partial charge in [-0.1, -0.05) is 26.7 Å². The van der Waals surface area contributed by atoms with Crippen molar-refractivity contribution in [3.8, 4) is 0 Å². The molecular weight excluding hydrogens is 158 g/mol. The fourth-order valence-corrected chi connectivity index (χ4v) is 3.73. The summed E-state index contributed by atoms with van der Waals surface area (Å²) in [4.78, 5) is 2.79. The number of hydrogen-bond acceptors (Lipinski definition) is 1. The minimum absolute atomic E-state index is 0.703. The van der Waals surface area contributed by atoms with Gasteiger partial charge < -0.3 is 0 Å². The van der Waals surface area contributed by atoms with Gasteiger partial charge in [0, 0.05) is 19.1 Å². The minimum atomic E-state index is 0.703. The molecule has 1 saturated heterocycles. The molecule has 3 fully saturated rings. The molecule has 2 saturated carbocycles. The Kier molecular flexibility index (Phi) is 1.59. The van der Waals surface area contributed by atoms with Crippen molar-refractivity contribution in [1.82, 2.24) is 4.90 Å². The maximum atomic E-state index is 2.79. The van der Waals surface area contributed by atoms with Gasteiger partial charge >= 0.3 is 0 Å². The maximum Gasteiger partial charge on any atom is 0.00955 e. The van der Waals surface area contributed by atoms with E-state index in [9.17, 15) is 0 Å². The van der Waals surface area contributed by atoms with Crippen molar-refractivity contribution in [2.24, 2.45) is 17.3 Å². The molecule has 0 aromatic heterocycles. The highest BCUT2D eigenvalue weighted by Gasteiger charge is 2.62. The van der Waals surface area contributed by atoms with Crippen LogP contribution in [0.2, 0.25) is 0 Å². The molecule has 74 valence electrons. The van der Waals surface area contributed by atoms with E-state index in [2.05, 4.69) is 18.7 Å². The first-order chi connectivity index (χ1) is 6.19. The first kappa shape index (κ1) is 8.28. The molecule has 0 aromatic carbocycles. The van der Waals surface area contributed by atoms with Crippen LogP contribution in [0.5, 0.6) is 0 Å². The Morgan fingerprint density at radius 1 is 1.00 bits per heavy atom. The van der Waals surface area contributed by atoms with Crippen LogP contribution in [-0.4, -0.2) is 24.0 Å². The summed E-state index contributed by atoms with van der Waals surface area (Å²) in [6, 6.07) is 0.976. The zero-order valence-electron chi connectivity index (χ0n) is 8.92. The Bertz CT molecular complexity index is 201. The van der Waals surface area contributed by atoms with Gasteiger partial charge in [0.2, 0.25) is 0 Å². The molecule has 0 aromatic rings. The summed E-state index contributed by atoms with van der Waals surface area (Å²) in [6.45, 7) is 7.74. The Morgan fingerprint density at radius 2 is 1.54 bits per heavy atom. The quantitative estimate of drug-likeness (QED) is 0.598. The van der Waals surface area contributed by atoms with Gasteiger partial charge in [-0.25, -0.2) is 0 Å². The van der Waals surface area contributed by atoms with Crippen molar-refractivity contribution in [2.75, 3.05) is 13.1 Å². The van der Waals surface area contributed by atoms with Crippen LogP contribution < -0.4 is 0 Å². The van der Waals surface area contributed by atoms with Gasteiger partial charge in [0.25, 0.3) is 0 Å². The highest BCUT2D eigenvalue weighted by atomic mass is 15.2. The third-order valence-electron chi connectivity index (χ3n) is 4.99. The smallest absolute Gasteiger partial charge is 0.00955 e. The molecule has 1 heteroatoms. The van der Waals surface area contributed by atoms with Gasteiger partial charge in [-0.3, -0.25) is 4.90 Å². The monoisotopic (exact) mass is 179 g/mol. The van der Waals surface area contributed by atoms with E-state index < -0.39 is 0 Å². The zero-order valence-corrected chi connectivity index (χ0v) is 8.92. The third-order valence-corrected chi connectivity index (χ3v) is 4.99. The average molecular weight is 179 g/mol. The van der Waals surface area contributed by atoms with E-state index in [-0.39, 0.29) is 0 Å².